The molecule has 0 unspecified atom stereocenters. The lowest BCUT2D eigenvalue weighted by Gasteiger charge is -2.34. The first-order valence-electron chi connectivity index (χ1n) is 26.2. The van der Waals surface area contributed by atoms with Crippen molar-refractivity contribution >= 4 is 78.4 Å². The van der Waals surface area contributed by atoms with Crippen molar-refractivity contribution in [3.05, 3.63) is 167 Å². The average Bonchev–Trinajstić information content (AvgIpc) is 3.44. The number of ketones is 2. The summed E-state index contributed by atoms with van der Waals surface area (Å²) in [4.78, 5) is 74.7. The first-order chi connectivity index (χ1) is 36.4. The second-order valence-electron chi connectivity index (χ2n) is 19.6. The third-order valence-corrected chi connectivity index (χ3v) is 15.0. The highest BCUT2D eigenvalue weighted by molar-refractivity contribution is 6.31. The van der Waals surface area contributed by atoms with E-state index in [4.69, 9.17) is 9.97 Å². The first-order valence-corrected chi connectivity index (χ1v) is 26.2. The molecule has 0 atom stereocenters. The van der Waals surface area contributed by atoms with Gasteiger partial charge in [-0.1, -0.05) is 97.1 Å². The van der Waals surface area contributed by atoms with Gasteiger partial charge in [0.15, 0.2) is 11.6 Å². The number of carbonyl (C=O) groups is 4. The molecule has 3 aliphatic rings. The zero-order valence-electron chi connectivity index (χ0n) is 41.7. The smallest absolute Gasteiger partial charge is 0.252 e. The highest BCUT2D eigenvalue weighted by Gasteiger charge is 2.34. The molecule has 0 bridgehead atoms. The highest BCUT2D eigenvalue weighted by atomic mass is 16.2. The topological polar surface area (TPSA) is 155 Å². The minimum atomic E-state index is -0.132. The van der Waals surface area contributed by atoms with Gasteiger partial charge in [-0.2, -0.15) is 0 Å². The van der Waals surface area contributed by atoms with Crippen LogP contribution in [0.2, 0.25) is 0 Å². The van der Waals surface area contributed by atoms with Crippen molar-refractivity contribution in [2.24, 2.45) is 0 Å². The van der Waals surface area contributed by atoms with Crippen LogP contribution in [0, 0.1) is 0 Å². The highest BCUT2D eigenvalue weighted by Crippen LogP contribution is 2.36. The largest absolute Gasteiger partial charge is 0.384 e. The number of anilines is 2. The summed E-state index contributed by atoms with van der Waals surface area (Å²) in [7, 11) is 0. The lowest BCUT2D eigenvalue weighted by atomic mass is 9.82. The first kappa shape index (κ1) is 48.6. The Morgan fingerprint density at radius 1 is 0.392 bits per heavy atom. The molecule has 2 aromatic heterocycles. The normalized spacial score (nSPS) is 15.6. The Bertz CT molecular complexity index is 3070. The number of nitrogens with zero attached hydrogens (tertiary/aromatic N) is 6. The maximum absolute atomic E-state index is 14.2. The number of amides is 2. The molecule has 74 heavy (non-hydrogen) atoms. The number of aromatic nitrogens is 2. The zero-order valence-corrected chi connectivity index (χ0v) is 41.7. The second-order valence-corrected chi connectivity index (χ2v) is 19.6. The lowest BCUT2D eigenvalue weighted by molar-refractivity contribution is 0.0931. The SMILES string of the molecule is O=C1c2cccc(NCCCN3CCN(CCNC(=O)c4c5ccccc5nc5ccccc45)CC3)c2C(=O)c2cccc(NCCCN3CCN(CCNC(=O)c4c5ccccc5nc5ccccc45)CC3)c21. The van der Waals surface area contributed by atoms with Crippen LogP contribution < -0.4 is 21.3 Å². The number of hydrogen-bond donors (Lipinski definition) is 4. The van der Waals surface area contributed by atoms with Crippen LogP contribution in [0.4, 0.5) is 11.4 Å². The predicted octanol–water partition coefficient (Wildman–Crippen LogP) is 7.56. The third-order valence-electron chi connectivity index (χ3n) is 15.0. The van der Waals surface area contributed by atoms with Crippen molar-refractivity contribution in [1.82, 2.24) is 40.2 Å². The van der Waals surface area contributed by atoms with Crippen LogP contribution in [0.3, 0.4) is 0 Å². The van der Waals surface area contributed by atoms with Gasteiger partial charge in [-0.05, 0) is 62.3 Å². The van der Waals surface area contributed by atoms with Gasteiger partial charge in [-0.15, -0.1) is 0 Å². The Morgan fingerprint density at radius 2 is 0.716 bits per heavy atom. The van der Waals surface area contributed by atoms with Gasteiger partial charge in [-0.25, -0.2) is 9.97 Å². The molecule has 6 aromatic carbocycles. The van der Waals surface area contributed by atoms with Gasteiger partial charge < -0.3 is 31.1 Å². The molecule has 0 spiro atoms. The van der Waals surface area contributed by atoms with Crippen molar-refractivity contribution in [3.8, 4) is 0 Å². The lowest BCUT2D eigenvalue weighted by Crippen LogP contribution is -2.48. The standard InChI is InChI=1S/C60H62N10O4/c71-57-46-18-10-24-52(62-26-12-30-68-35-39-70(40-36-68)32-28-64-60(74)54-43-15-3-7-21-49(43)66-50-22-8-4-16-44(50)54)56(46)58(72)45-17-9-23-51(55(45)57)61-25-11-29-67-33-37-69(38-34-67)31-27-63-59(73)53-41-13-1-5-19-47(41)65-48-20-6-2-14-42(48)53/h1-10,13-24,61-62H,11-12,25-40H2,(H,63,73)(H,64,74). The Morgan fingerprint density at radius 3 is 1.07 bits per heavy atom. The summed E-state index contributed by atoms with van der Waals surface area (Å²) in [5.41, 5.74) is 7.79. The molecular formula is C60H62N10O4. The van der Waals surface area contributed by atoms with Crippen LogP contribution in [0.15, 0.2) is 133 Å². The Balaban J connectivity index is 0.598. The molecule has 0 saturated carbocycles. The van der Waals surface area contributed by atoms with Gasteiger partial charge in [0.05, 0.1) is 44.3 Å². The van der Waals surface area contributed by atoms with Gasteiger partial charge in [0.25, 0.3) is 11.8 Å². The molecule has 2 amide bonds. The summed E-state index contributed by atoms with van der Waals surface area (Å²) >= 11 is 0. The Kier molecular flexibility index (Phi) is 14.6. The number of fused-ring (bicyclic) bond motifs is 6. The molecule has 2 saturated heterocycles. The van der Waals surface area contributed by atoms with Crippen LogP contribution in [-0.4, -0.2) is 158 Å². The third kappa shape index (κ3) is 10.3. The number of para-hydroxylation sites is 4. The van der Waals surface area contributed by atoms with E-state index in [-0.39, 0.29) is 23.4 Å². The van der Waals surface area contributed by atoms with Gasteiger partial charge >= 0.3 is 0 Å². The van der Waals surface area contributed by atoms with Crippen molar-refractivity contribution in [2.75, 3.05) is 115 Å². The quantitative estimate of drug-likeness (QED) is 0.0496. The minimum Gasteiger partial charge on any atom is -0.384 e. The summed E-state index contributed by atoms with van der Waals surface area (Å²) in [5.74, 6) is -0.410. The van der Waals surface area contributed by atoms with E-state index in [0.717, 1.165) is 135 Å². The van der Waals surface area contributed by atoms with Gasteiger partial charge in [0.1, 0.15) is 0 Å². The van der Waals surface area contributed by atoms with E-state index >= 15 is 0 Å². The van der Waals surface area contributed by atoms with Crippen LogP contribution in [0.1, 0.15) is 65.4 Å². The van der Waals surface area contributed by atoms with Crippen molar-refractivity contribution < 1.29 is 19.2 Å². The van der Waals surface area contributed by atoms with E-state index in [0.29, 0.717) is 70.9 Å². The number of benzene rings is 6. The van der Waals surface area contributed by atoms with E-state index in [1.54, 1.807) is 12.1 Å². The molecule has 4 heterocycles. The van der Waals surface area contributed by atoms with E-state index in [1.807, 2.05) is 121 Å². The molecule has 376 valence electrons. The number of nitrogens with one attached hydrogen (secondary N) is 4. The summed E-state index contributed by atoms with van der Waals surface area (Å²) in [6.07, 6.45) is 1.78. The average molecular weight is 987 g/mol. The van der Waals surface area contributed by atoms with Gasteiger partial charge in [0.2, 0.25) is 0 Å². The fourth-order valence-corrected chi connectivity index (χ4v) is 11.1. The number of pyridine rings is 2. The van der Waals surface area contributed by atoms with E-state index < -0.39 is 0 Å². The molecule has 8 aromatic rings. The fourth-order valence-electron chi connectivity index (χ4n) is 11.1. The molecule has 4 N–H and O–H groups in total. The fraction of sp³-hybridized carbons (Fsp3) is 0.300. The maximum atomic E-state index is 14.2. The van der Waals surface area contributed by atoms with Crippen molar-refractivity contribution in [1.29, 1.82) is 0 Å². The molecule has 1 aliphatic carbocycles. The Hall–Kier alpha value is -7.62. The molecule has 2 fully saturated rings. The zero-order chi connectivity index (χ0) is 50.4. The van der Waals surface area contributed by atoms with Gasteiger partial charge in [-0.3, -0.25) is 29.0 Å². The van der Waals surface area contributed by atoms with E-state index in [1.165, 1.54) is 0 Å². The predicted molar refractivity (Wildman–Crippen MR) is 295 cm³/mol. The van der Waals surface area contributed by atoms with Crippen LogP contribution in [-0.2, 0) is 0 Å². The molecule has 0 radical (unpaired) electrons. The summed E-state index contributed by atoms with van der Waals surface area (Å²) in [6, 6.07) is 42.3. The van der Waals surface area contributed by atoms with Gasteiger partial charge in [0, 0.05) is 136 Å². The van der Waals surface area contributed by atoms with Crippen LogP contribution in [0.5, 0.6) is 0 Å². The number of carbonyl (C=O) groups excluding carboxylic acids is 4. The van der Waals surface area contributed by atoms with Crippen LogP contribution >= 0.6 is 0 Å². The molecule has 14 nitrogen and oxygen atoms in total. The second kappa shape index (κ2) is 22.2. The molecule has 14 heteroatoms. The van der Waals surface area contributed by atoms with E-state index in [2.05, 4.69) is 40.9 Å². The summed E-state index contributed by atoms with van der Waals surface area (Å²) < 4.78 is 0. The maximum Gasteiger partial charge on any atom is 0.252 e. The number of hydrogen-bond acceptors (Lipinski definition) is 12. The summed E-state index contributed by atoms with van der Waals surface area (Å²) in [5, 5.41) is 16.8. The monoisotopic (exact) mass is 986 g/mol. The Labute approximate surface area is 431 Å². The molecule has 2 aliphatic heterocycles. The number of rotatable bonds is 18. The molecule has 11 rings (SSSR count). The molecular weight excluding hydrogens is 925 g/mol. The summed E-state index contributed by atoms with van der Waals surface area (Å²) in [6.45, 7) is 13.4. The van der Waals surface area contributed by atoms with Crippen molar-refractivity contribution in [2.45, 2.75) is 12.8 Å². The van der Waals surface area contributed by atoms with Crippen LogP contribution in [0.25, 0.3) is 43.6 Å². The number of piperazine rings is 2. The minimum absolute atomic E-state index is 0.0737. The van der Waals surface area contributed by atoms with E-state index in [9.17, 15) is 19.2 Å². The van der Waals surface area contributed by atoms with Crippen molar-refractivity contribution in [3.63, 3.8) is 0 Å².